The van der Waals surface area contributed by atoms with Crippen molar-refractivity contribution in [2.75, 3.05) is 0 Å². The summed E-state index contributed by atoms with van der Waals surface area (Å²) in [6.07, 6.45) is 2.23. The van der Waals surface area contributed by atoms with Crippen LogP contribution >= 0.6 is 35.0 Å². The number of aryl methyl sites for hydroxylation is 1. The molecular formula is C12H19ClINO. The van der Waals surface area contributed by atoms with E-state index in [1.807, 2.05) is 12.1 Å². The number of rotatable bonds is 4. The lowest BCUT2D eigenvalue weighted by Gasteiger charge is -2.09. The molecule has 0 saturated heterocycles. The van der Waals surface area contributed by atoms with E-state index in [0.29, 0.717) is 18.2 Å². The molecule has 0 aliphatic rings. The van der Waals surface area contributed by atoms with Gasteiger partial charge in [0.1, 0.15) is 5.75 Å². The second-order valence-electron chi connectivity index (χ2n) is 4.22. The monoisotopic (exact) mass is 355 g/mol. The topological polar surface area (TPSA) is 46.2 Å². The molecule has 0 aliphatic carbocycles. The number of benzene rings is 1. The molecule has 0 aliphatic heterocycles. The van der Waals surface area contributed by atoms with E-state index in [1.165, 1.54) is 12.0 Å². The van der Waals surface area contributed by atoms with E-state index in [9.17, 15) is 5.11 Å². The third-order valence-electron chi connectivity index (χ3n) is 2.43. The maximum atomic E-state index is 9.71. The number of halogens is 2. The second kappa shape index (κ2) is 7.35. The van der Waals surface area contributed by atoms with Gasteiger partial charge >= 0.3 is 0 Å². The van der Waals surface area contributed by atoms with Gasteiger partial charge in [-0.2, -0.15) is 0 Å². The Bertz CT molecular complexity index is 342. The largest absolute Gasteiger partial charge is 0.507 e. The molecule has 16 heavy (non-hydrogen) atoms. The molecular weight excluding hydrogens is 336 g/mol. The van der Waals surface area contributed by atoms with E-state index >= 15 is 0 Å². The molecule has 0 aromatic heterocycles. The Kier molecular flexibility index (Phi) is 7.35. The minimum absolute atomic E-state index is 0. The van der Waals surface area contributed by atoms with Gasteiger partial charge in [-0.15, -0.1) is 12.4 Å². The number of hydrogen-bond donors (Lipinski definition) is 2. The smallest absolute Gasteiger partial charge is 0.133 e. The van der Waals surface area contributed by atoms with Gasteiger partial charge in [0, 0.05) is 12.1 Å². The zero-order valence-electron chi connectivity index (χ0n) is 9.66. The van der Waals surface area contributed by atoms with Gasteiger partial charge in [-0.25, -0.2) is 0 Å². The summed E-state index contributed by atoms with van der Waals surface area (Å²) in [4.78, 5) is 0. The van der Waals surface area contributed by atoms with Gasteiger partial charge in [-0.1, -0.05) is 19.9 Å². The summed E-state index contributed by atoms with van der Waals surface area (Å²) < 4.78 is 0.898. The fraction of sp³-hybridized carbons (Fsp3) is 0.500. The Labute approximate surface area is 117 Å². The van der Waals surface area contributed by atoms with Crippen LogP contribution < -0.4 is 5.73 Å². The minimum atomic E-state index is 0. The summed E-state index contributed by atoms with van der Waals surface area (Å²) in [6, 6.07) is 4.05. The molecule has 0 radical (unpaired) electrons. The summed E-state index contributed by atoms with van der Waals surface area (Å²) in [5, 5.41) is 9.71. The zero-order valence-corrected chi connectivity index (χ0v) is 12.6. The van der Waals surface area contributed by atoms with Crippen molar-refractivity contribution in [3.8, 4) is 5.75 Å². The van der Waals surface area contributed by atoms with Crippen LogP contribution in [0.4, 0.5) is 0 Å². The molecule has 2 nitrogen and oxygen atoms in total. The number of phenols is 1. The molecule has 0 saturated carbocycles. The van der Waals surface area contributed by atoms with Gasteiger partial charge < -0.3 is 10.8 Å². The predicted molar refractivity (Wildman–Crippen MR) is 79.1 cm³/mol. The molecule has 0 unspecified atom stereocenters. The lowest BCUT2D eigenvalue weighted by molar-refractivity contribution is 0.464. The van der Waals surface area contributed by atoms with Crippen molar-refractivity contribution in [2.45, 2.75) is 33.2 Å². The van der Waals surface area contributed by atoms with Gasteiger partial charge in [-0.3, -0.25) is 0 Å². The van der Waals surface area contributed by atoms with Crippen molar-refractivity contribution < 1.29 is 5.11 Å². The molecule has 1 aromatic carbocycles. The fourth-order valence-electron chi connectivity index (χ4n) is 1.47. The summed E-state index contributed by atoms with van der Waals surface area (Å²) in [6.45, 7) is 4.84. The van der Waals surface area contributed by atoms with Crippen LogP contribution in [-0.2, 0) is 13.0 Å². The molecule has 0 heterocycles. The number of phenolic OH excluding ortho intramolecular Hbond substituents is 1. The molecule has 1 rings (SSSR count). The van der Waals surface area contributed by atoms with E-state index in [2.05, 4.69) is 36.4 Å². The highest BCUT2D eigenvalue weighted by Crippen LogP contribution is 2.26. The molecule has 0 fully saturated rings. The number of hydrogen-bond acceptors (Lipinski definition) is 2. The Balaban J connectivity index is 0.00000225. The third kappa shape index (κ3) is 4.47. The van der Waals surface area contributed by atoms with Crippen molar-refractivity contribution in [1.82, 2.24) is 0 Å². The molecule has 4 heteroatoms. The Morgan fingerprint density at radius 2 is 2.00 bits per heavy atom. The SMILES string of the molecule is CC(C)CCc1cc(I)c(O)c(CN)c1.Cl. The molecule has 1 aromatic rings. The van der Waals surface area contributed by atoms with Gasteiger partial charge in [0.15, 0.2) is 0 Å². The first-order valence-electron chi connectivity index (χ1n) is 5.25. The molecule has 0 atom stereocenters. The quantitative estimate of drug-likeness (QED) is 0.813. The van der Waals surface area contributed by atoms with E-state index in [0.717, 1.165) is 15.6 Å². The Morgan fingerprint density at radius 3 is 2.50 bits per heavy atom. The van der Waals surface area contributed by atoms with Crippen LogP contribution in [0.25, 0.3) is 0 Å². The van der Waals surface area contributed by atoms with Crippen LogP contribution in [0.1, 0.15) is 31.4 Å². The second-order valence-corrected chi connectivity index (χ2v) is 5.38. The van der Waals surface area contributed by atoms with E-state index in [-0.39, 0.29) is 12.4 Å². The average Bonchev–Trinajstić information content (AvgIpc) is 2.19. The van der Waals surface area contributed by atoms with Crippen molar-refractivity contribution >= 4 is 35.0 Å². The van der Waals surface area contributed by atoms with E-state index < -0.39 is 0 Å². The van der Waals surface area contributed by atoms with Crippen LogP contribution in [0.3, 0.4) is 0 Å². The predicted octanol–water partition coefficient (Wildman–Crippen LogP) is 3.47. The standard InChI is InChI=1S/C12H18INO.ClH/c1-8(2)3-4-9-5-10(7-14)12(15)11(13)6-9;/h5-6,8,15H,3-4,7,14H2,1-2H3;1H. The van der Waals surface area contributed by atoms with Crippen molar-refractivity contribution in [1.29, 1.82) is 0 Å². The van der Waals surface area contributed by atoms with Crippen LogP contribution in [0.5, 0.6) is 5.75 Å². The maximum absolute atomic E-state index is 9.71. The Morgan fingerprint density at radius 1 is 1.38 bits per heavy atom. The lowest BCUT2D eigenvalue weighted by Crippen LogP contribution is -2.00. The summed E-state index contributed by atoms with van der Waals surface area (Å²) >= 11 is 2.15. The van der Waals surface area contributed by atoms with Crippen LogP contribution in [-0.4, -0.2) is 5.11 Å². The van der Waals surface area contributed by atoms with E-state index in [1.54, 1.807) is 0 Å². The molecule has 0 amide bonds. The van der Waals surface area contributed by atoms with Gasteiger partial charge in [0.2, 0.25) is 0 Å². The van der Waals surface area contributed by atoms with Crippen LogP contribution in [0.2, 0.25) is 0 Å². The average molecular weight is 356 g/mol. The van der Waals surface area contributed by atoms with Crippen LogP contribution in [0, 0.1) is 9.49 Å². The Hall–Kier alpha value is -0.0000000000000000555. The third-order valence-corrected chi connectivity index (χ3v) is 3.25. The summed E-state index contributed by atoms with van der Waals surface area (Å²) in [7, 11) is 0. The summed E-state index contributed by atoms with van der Waals surface area (Å²) in [5.41, 5.74) is 7.70. The van der Waals surface area contributed by atoms with Crippen molar-refractivity contribution in [2.24, 2.45) is 11.7 Å². The number of aromatic hydroxyl groups is 1. The highest BCUT2D eigenvalue weighted by Gasteiger charge is 2.07. The van der Waals surface area contributed by atoms with E-state index in [4.69, 9.17) is 5.73 Å². The van der Waals surface area contributed by atoms with Gasteiger partial charge in [-0.05, 0) is 53.0 Å². The van der Waals surface area contributed by atoms with Crippen LogP contribution in [0.15, 0.2) is 12.1 Å². The lowest BCUT2D eigenvalue weighted by atomic mass is 10.0. The minimum Gasteiger partial charge on any atom is -0.507 e. The van der Waals surface area contributed by atoms with Gasteiger partial charge in [0.05, 0.1) is 3.57 Å². The zero-order chi connectivity index (χ0) is 11.4. The summed E-state index contributed by atoms with van der Waals surface area (Å²) in [5.74, 6) is 1.05. The molecule has 0 spiro atoms. The first-order valence-corrected chi connectivity index (χ1v) is 6.32. The molecule has 92 valence electrons. The fourth-order valence-corrected chi connectivity index (χ4v) is 2.22. The van der Waals surface area contributed by atoms with Gasteiger partial charge in [0.25, 0.3) is 0 Å². The molecule has 3 N–H and O–H groups in total. The van der Waals surface area contributed by atoms with Crippen molar-refractivity contribution in [3.05, 3.63) is 26.8 Å². The number of nitrogens with two attached hydrogens (primary N) is 1. The highest BCUT2D eigenvalue weighted by atomic mass is 127. The normalized spacial score (nSPS) is 10.3. The molecule has 0 bridgehead atoms. The first kappa shape index (κ1) is 16.0. The first-order chi connectivity index (χ1) is 7.04. The maximum Gasteiger partial charge on any atom is 0.133 e. The highest BCUT2D eigenvalue weighted by molar-refractivity contribution is 14.1. The van der Waals surface area contributed by atoms with Crippen molar-refractivity contribution in [3.63, 3.8) is 0 Å².